The van der Waals surface area contributed by atoms with E-state index in [9.17, 15) is 13.6 Å². The van der Waals surface area contributed by atoms with E-state index in [2.05, 4.69) is 9.72 Å². The summed E-state index contributed by atoms with van der Waals surface area (Å²) in [6, 6.07) is 12.0. The summed E-state index contributed by atoms with van der Waals surface area (Å²) < 4.78 is 30.6. The zero-order valence-corrected chi connectivity index (χ0v) is 16.7. The van der Waals surface area contributed by atoms with Gasteiger partial charge in [-0.3, -0.25) is 4.79 Å². The lowest BCUT2D eigenvalue weighted by atomic mass is 10.2. The number of amides is 1. The van der Waals surface area contributed by atoms with Gasteiger partial charge in [-0.25, -0.2) is 4.98 Å². The largest absolute Gasteiger partial charge is 0.433 e. The van der Waals surface area contributed by atoms with E-state index in [0.717, 1.165) is 36.5 Å². The number of rotatable bonds is 6. The molecule has 0 bridgehead atoms. The van der Waals surface area contributed by atoms with Crippen LogP contribution in [0.5, 0.6) is 5.75 Å². The van der Waals surface area contributed by atoms with Crippen molar-refractivity contribution >= 4 is 17.7 Å². The van der Waals surface area contributed by atoms with Crippen molar-refractivity contribution in [3.63, 3.8) is 0 Å². The molecule has 0 saturated carbocycles. The standard InChI is InChI=1S/C21H24F2N2O2S/c1-21(22,23)27-17-9-7-10-18(14-17)28-15-16-8-6-11-19(24-16)20(26)25-12-4-2-3-5-13-25/h6-11,14H,2-5,12-13,15H2,1H3. The van der Waals surface area contributed by atoms with Crippen LogP contribution in [0, 0.1) is 0 Å². The second-order valence-electron chi connectivity index (χ2n) is 6.89. The maximum absolute atomic E-state index is 13.0. The van der Waals surface area contributed by atoms with Gasteiger partial charge in [0.2, 0.25) is 0 Å². The quantitative estimate of drug-likeness (QED) is 0.604. The third-order valence-corrected chi connectivity index (χ3v) is 5.44. The van der Waals surface area contributed by atoms with Gasteiger partial charge < -0.3 is 9.64 Å². The SMILES string of the molecule is CC(F)(F)Oc1cccc(SCc2cccc(C(=O)N3CCCCCC3)n2)c1. The third-order valence-electron chi connectivity index (χ3n) is 4.41. The molecule has 2 aromatic rings. The van der Waals surface area contributed by atoms with Gasteiger partial charge in [0.1, 0.15) is 11.4 Å². The van der Waals surface area contributed by atoms with E-state index in [1.165, 1.54) is 30.7 Å². The van der Waals surface area contributed by atoms with Gasteiger partial charge in [-0.2, -0.15) is 8.78 Å². The summed E-state index contributed by atoms with van der Waals surface area (Å²) >= 11 is 1.46. The van der Waals surface area contributed by atoms with Crippen molar-refractivity contribution in [3.05, 3.63) is 53.9 Å². The minimum Gasteiger partial charge on any atom is -0.433 e. The predicted molar refractivity (Wildman–Crippen MR) is 106 cm³/mol. The van der Waals surface area contributed by atoms with Crippen molar-refractivity contribution < 1.29 is 18.3 Å². The second-order valence-corrected chi connectivity index (χ2v) is 7.94. The summed E-state index contributed by atoms with van der Waals surface area (Å²) in [5.74, 6) is 0.637. The third kappa shape index (κ3) is 6.19. The average molecular weight is 406 g/mol. The Balaban J connectivity index is 1.63. The molecule has 0 atom stereocenters. The van der Waals surface area contributed by atoms with Crippen molar-refractivity contribution in [1.29, 1.82) is 0 Å². The van der Waals surface area contributed by atoms with Crippen LogP contribution >= 0.6 is 11.8 Å². The molecule has 150 valence electrons. The van der Waals surface area contributed by atoms with E-state index in [4.69, 9.17) is 0 Å². The lowest BCUT2D eigenvalue weighted by Crippen LogP contribution is -2.32. The molecular weight excluding hydrogens is 382 g/mol. The Morgan fingerprint density at radius 3 is 2.57 bits per heavy atom. The van der Waals surface area contributed by atoms with E-state index in [0.29, 0.717) is 18.4 Å². The Kier molecular flexibility index (Phi) is 6.88. The number of ether oxygens (including phenoxy) is 1. The Morgan fingerprint density at radius 1 is 1.14 bits per heavy atom. The number of halogens is 2. The number of thioether (sulfide) groups is 1. The number of aromatic nitrogens is 1. The van der Waals surface area contributed by atoms with Crippen molar-refractivity contribution in [2.24, 2.45) is 0 Å². The molecule has 1 aromatic heterocycles. The first-order valence-electron chi connectivity index (χ1n) is 9.46. The minimum atomic E-state index is -3.22. The van der Waals surface area contributed by atoms with Crippen LogP contribution in [0.15, 0.2) is 47.4 Å². The molecule has 1 saturated heterocycles. The summed E-state index contributed by atoms with van der Waals surface area (Å²) in [5, 5.41) is 0. The van der Waals surface area contributed by atoms with Crippen LogP contribution in [0.2, 0.25) is 0 Å². The lowest BCUT2D eigenvalue weighted by molar-refractivity contribution is -0.159. The molecule has 2 heterocycles. The first-order valence-corrected chi connectivity index (χ1v) is 10.4. The molecule has 0 N–H and O–H groups in total. The molecule has 1 fully saturated rings. The monoisotopic (exact) mass is 406 g/mol. The number of hydrogen-bond donors (Lipinski definition) is 0. The van der Waals surface area contributed by atoms with Gasteiger partial charge in [0.15, 0.2) is 0 Å². The number of nitrogens with zero attached hydrogens (tertiary/aromatic N) is 2. The van der Waals surface area contributed by atoms with E-state index in [1.54, 1.807) is 18.2 Å². The number of carbonyl (C=O) groups is 1. The highest BCUT2D eigenvalue weighted by Crippen LogP contribution is 2.28. The normalized spacial score (nSPS) is 15.2. The summed E-state index contributed by atoms with van der Waals surface area (Å²) in [5.41, 5.74) is 1.24. The van der Waals surface area contributed by atoms with Crippen molar-refractivity contribution in [1.82, 2.24) is 9.88 Å². The first-order chi connectivity index (χ1) is 13.4. The van der Waals surface area contributed by atoms with E-state index >= 15 is 0 Å². The number of likely N-dealkylation sites (tertiary alicyclic amines) is 1. The molecule has 0 aliphatic carbocycles. The minimum absolute atomic E-state index is 0.0191. The van der Waals surface area contributed by atoms with Gasteiger partial charge in [-0.05, 0) is 43.2 Å². The number of alkyl halides is 2. The highest BCUT2D eigenvalue weighted by atomic mass is 32.2. The molecule has 4 nitrogen and oxygen atoms in total. The molecule has 0 radical (unpaired) electrons. The number of benzene rings is 1. The van der Waals surface area contributed by atoms with E-state index in [-0.39, 0.29) is 11.7 Å². The summed E-state index contributed by atoms with van der Waals surface area (Å²) in [6.07, 6.45) is 1.20. The fraction of sp³-hybridized carbons (Fsp3) is 0.429. The predicted octanol–water partition coefficient (Wildman–Crippen LogP) is 5.38. The average Bonchev–Trinajstić information content (AvgIpc) is 2.94. The maximum atomic E-state index is 13.0. The van der Waals surface area contributed by atoms with Crippen LogP contribution in [-0.4, -0.2) is 35.0 Å². The highest BCUT2D eigenvalue weighted by molar-refractivity contribution is 7.98. The number of pyridine rings is 1. The second kappa shape index (κ2) is 9.37. The summed E-state index contributed by atoms with van der Waals surface area (Å²) in [7, 11) is 0. The maximum Gasteiger partial charge on any atom is 0.394 e. The Labute approximate surface area is 168 Å². The molecule has 1 aliphatic heterocycles. The van der Waals surface area contributed by atoms with Crippen LogP contribution in [0.25, 0.3) is 0 Å². The summed E-state index contributed by atoms with van der Waals surface area (Å²) in [4.78, 5) is 19.9. The fourth-order valence-corrected chi connectivity index (χ4v) is 3.96. The fourth-order valence-electron chi connectivity index (χ4n) is 3.11. The molecule has 7 heteroatoms. The number of carbonyl (C=O) groups excluding carboxylic acids is 1. The van der Waals surface area contributed by atoms with Crippen LogP contribution in [0.1, 0.15) is 48.8 Å². The summed E-state index contributed by atoms with van der Waals surface area (Å²) in [6.45, 7) is 2.28. The Morgan fingerprint density at radius 2 is 1.86 bits per heavy atom. The number of hydrogen-bond acceptors (Lipinski definition) is 4. The molecule has 1 aromatic carbocycles. The zero-order valence-electron chi connectivity index (χ0n) is 15.9. The van der Waals surface area contributed by atoms with E-state index in [1.807, 2.05) is 23.1 Å². The van der Waals surface area contributed by atoms with Crippen LogP contribution in [0.4, 0.5) is 8.78 Å². The molecular formula is C21H24F2N2O2S. The Bertz CT molecular complexity index is 803. The molecule has 0 spiro atoms. The molecule has 1 amide bonds. The van der Waals surface area contributed by atoms with Crippen LogP contribution in [-0.2, 0) is 5.75 Å². The van der Waals surface area contributed by atoms with Gasteiger partial charge in [-0.1, -0.05) is 25.0 Å². The zero-order chi connectivity index (χ0) is 20.0. The van der Waals surface area contributed by atoms with Gasteiger partial charge in [0, 0.05) is 30.7 Å². The van der Waals surface area contributed by atoms with Gasteiger partial charge in [0.25, 0.3) is 5.91 Å². The van der Waals surface area contributed by atoms with Gasteiger partial charge >= 0.3 is 6.11 Å². The van der Waals surface area contributed by atoms with Crippen LogP contribution in [0.3, 0.4) is 0 Å². The Hall–Kier alpha value is -2.15. The molecule has 0 unspecified atom stereocenters. The van der Waals surface area contributed by atoms with Crippen LogP contribution < -0.4 is 4.74 Å². The highest BCUT2D eigenvalue weighted by Gasteiger charge is 2.23. The smallest absolute Gasteiger partial charge is 0.394 e. The first kappa shape index (κ1) is 20.6. The van der Waals surface area contributed by atoms with Crippen molar-refractivity contribution in [2.45, 2.75) is 49.4 Å². The lowest BCUT2D eigenvalue weighted by Gasteiger charge is -2.20. The molecule has 1 aliphatic rings. The van der Waals surface area contributed by atoms with Crippen molar-refractivity contribution in [2.75, 3.05) is 13.1 Å². The van der Waals surface area contributed by atoms with E-state index < -0.39 is 6.11 Å². The van der Waals surface area contributed by atoms with Gasteiger partial charge in [-0.15, -0.1) is 11.8 Å². The van der Waals surface area contributed by atoms with Gasteiger partial charge in [0.05, 0.1) is 5.69 Å². The molecule has 28 heavy (non-hydrogen) atoms. The molecule has 3 rings (SSSR count). The topological polar surface area (TPSA) is 42.4 Å². The van der Waals surface area contributed by atoms with Crippen molar-refractivity contribution in [3.8, 4) is 5.75 Å².